The van der Waals surface area contributed by atoms with Crippen LogP contribution >= 0.6 is 0 Å². The summed E-state index contributed by atoms with van der Waals surface area (Å²) in [6, 6.07) is 7.35. The summed E-state index contributed by atoms with van der Waals surface area (Å²) in [5, 5.41) is 21.4. The first-order valence-electron chi connectivity index (χ1n) is 10.2. The van der Waals surface area contributed by atoms with Crippen LogP contribution in [-0.2, 0) is 22.6 Å². The van der Waals surface area contributed by atoms with Crippen molar-refractivity contribution in [3.8, 4) is 0 Å². The van der Waals surface area contributed by atoms with Crippen molar-refractivity contribution in [3.63, 3.8) is 0 Å². The fourth-order valence-corrected chi connectivity index (χ4v) is 4.92. The molecule has 3 unspecified atom stereocenters. The van der Waals surface area contributed by atoms with Crippen molar-refractivity contribution in [3.05, 3.63) is 60.3 Å². The number of carboxylic acids is 2. The summed E-state index contributed by atoms with van der Waals surface area (Å²) in [4.78, 5) is 29.2. The Hall–Kier alpha value is -3.46. The highest BCUT2D eigenvalue weighted by atomic mass is 16.4. The van der Waals surface area contributed by atoms with E-state index in [4.69, 9.17) is 10.2 Å². The summed E-state index contributed by atoms with van der Waals surface area (Å²) in [7, 11) is 2.28. The SMILES string of the molecule is CN1CC(Cn2cncn2)CC2c3cccc4[nH]cc(c34)CC21.O=C(O)C=CC(=O)O. The maximum atomic E-state index is 9.55. The van der Waals surface area contributed by atoms with Crippen molar-refractivity contribution in [1.82, 2.24) is 24.6 Å². The number of aliphatic carboxylic acids is 2. The lowest BCUT2D eigenvalue weighted by atomic mass is 9.72. The van der Waals surface area contributed by atoms with E-state index in [1.807, 2.05) is 11.0 Å². The average molecular weight is 423 g/mol. The van der Waals surface area contributed by atoms with Gasteiger partial charge < -0.3 is 20.1 Å². The molecule has 0 amide bonds. The van der Waals surface area contributed by atoms with Gasteiger partial charge in [-0.25, -0.2) is 14.6 Å². The third-order valence-corrected chi connectivity index (χ3v) is 6.09. The highest BCUT2D eigenvalue weighted by molar-refractivity contribution is 5.89. The zero-order valence-electron chi connectivity index (χ0n) is 17.2. The van der Waals surface area contributed by atoms with E-state index in [-0.39, 0.29) is 0 Å². The minimum atomic E-state index is -1.26. The molecule has 1 aliphatic carbocycles. The van der Waals surface area contributed by atoms with E-state index in [0.717, 1.165) is 19.5 Å². The molecular formula is C22H25N5O4. The molecule has 1 aromatic carbocycles. The first kappa shape index (κ1) is 20.8. The van der Waals surface area contributed by atoms with Crippen LogP contribution in [0, 0.1) is 5.92 Å². The minimum Gasteiger partial charge on any atom is -0.478 e. The standard InChI is InChI=1S/C18H21N5.C4H4O4/c1-22-8-12(9-23-11-19-10-21-23)5-15-14-3-2-4-16-18(14)13(7-20-16)6-17(15)22;5-3(6)1-2-4(7)8/h2-4,7,10-12,15,17,20H,5-6,8-9H2,1H3;1-2H,(H,5,6)(H,7,8). The lowest BCUT2D eigenvalue weighted by Gasteiger charge is -2.45. The van der Waals surface area contributed by atoms with Gasteiger partial charge in [-0.2, -0.15) is 5.10 Å². The molecule has 31 heavy (non-hydrogen) atoms. The minimum absolute atomic E-state index is 0.558. The third-order valence-electron chi connectivity index (χ3n) is 6.09. The van der Waals surface area contributed by atoms with Gasteiger partial charge in [-0.3, -0.25) is 4.68 Å². The Balaban J connectivity index is 0.000000250. The van der Waals surface area contributed by atoms with Crippen LogP contribution in [0.25, 0.3) is 10.9 Å². The second kappa shape index (κ2) is 8.73. The van der Waals surface area contributed by atoms with Gasteiger partial charge in [0.15, 0.2) is 0 Å². The highest BCUT2D eigenvalue weighted by Gasteiger charge is 2.39. The number of likely N-dealkylation sites (tertiary alicyclic amines) is 1. The number of likely N-dealkylation sites (N-methyl/N-ethyl adjacent to an activating group) is 1. The molecule has 3 aromatic rings. The molecule has 0 spiro atoms. The topological polar surface area (TPSA) is 124 Å². The number of H-pyrrole nitrogens is 1. The molecule has 1 aliphatic heterocycles. The van der Waals surface area contributed by atoms with Crippen molar-refractivity contribution >= 4 is 22.8 Å². The number of hydrogen-bond acceptors (Lipinski definition) is 5. The Morgan fingerprint density at radius 2 is 2.03 bits per heavy atom. The predicted molar refractivity (Wildman–Crippen MR) is 114 cm³/mol. The van der Waals surface area contributed by atoms with Crippen LogP contribution < -0.4 is 0 Å². The third kappa shape index (κ3) is 4.51. The molecule has 9 nitrogen and oxygen atoms in total. The van der Waals surface area contributed by atoms with Gasteiger partial charge in [-0.05, 0) is 43.0 Å². The Labute approximate surface area is 179 Å². The van der Waals surface area contributed by atoms with Gasteiger partial charge in [0.25, 0.3) is 0 Å². The average Bonchev–Trinajstić information content (AvgIpc) is 3.39. The largest absolute Gasteiger partial charge is 0.478 e. The van der Waals surface area contributed by atoms with Crippen LogP contribution in [0.3, 0.4) is 0 Å². The lowest BCUT2D eigenvalue weighted by molar-refractivity contribution is -0.134. The summed E-state index contributed by atoms with van der Waals surface area (Å²) in [6.07, 6.45) is 9.18. The molecule has 1 saturated heterocycles. The van der Waals surface area contributed by atoms with Crippen molar-refractivity contribution in [2.24, 2.45) is 5.92 Å². The van der Waals surface area contributed by atoms with Gasteiger partial charge >= 0.3 is 11.9 Å². The van der Waals surface area contributed by atoms with E-state index < -0.39 is 11.9 Å². The number of hydrogen-bond donors (Lipinski definition) is 3. The van der Waals surface area contributed by atoms with Gasteiger partial charge in [-0.1, -0.05) is 12.1 Å². The molecule has 3 N–H and O–H groups in total. The van der Waals surface area contributed by atoms with Crippen LogP contribution in [0.5, 0.6) is 0 Å². The number of rotatable bonds is 4. The normalized spacial score (nSPS) is 22.7. The number of aromatic amines is 1. The lowest BCUT2D eigenvalue weighted by Crippen LogP contribution is -2.48. The maximum absolute atomic E-state index is 9.55. The molecule has 3 atom stereocenters. The van der Waals surface area contributed by atoms with Gasteiger partial charge in [0, 0.05) is 54.3 Å². The fourth-order valence-electron chi connectivity index (χ4n) is 4.92. The van der Waals surface area contributed by atoms with Crippen LogP contribution in [0.1, 0.15) is 23.5 Å². The zero-order chi connectivity index (χ0) is 22.0. The number of nitrogens with one attached hydrogen (secondary N) is 1. The Morgan fingerprint density at radius 3 is 2.71 bits per heavy atom. The molecule has 3 heterocycles. The molecule has 0 radical (unpaired) electrons. The van der Waals surface area contributed by atoms with Gasteiger partial charge in [0.2, 0.25) is 0 Å². The summed E-state index contributed by atoms with van der Waals surface area (Å²) < 4.78 is 1.98. The molecule has 2 aliphatic rings. The molecule has 5 rings (SSSR count). The summed E-state index contributed by atoms with van der Waals surface area (Å²) in [6.45, 7) is 2.10. The number of piperidine rings is 1. The van der Waals surface area contributed by atoms with E-state index in [9.17, 15) is 9.59 Å². The summed E-state index contributed by atoms with van der Waals surface area (Å²) >= 11 is 0. The smallest absolute Gasteiger partial charge is 0.328 e. The molecule has 0 saturated carbocycles. The molecule has 162 valence electrons. The number of carboxylic acid groups (broad SMARTS) is 2. The summed E-state index contributed by atoms with van der Waals surface area (Å²) in [5.41, 5.74) is 4.31. The predicted octanol–water partition coefficient (Wildman–Crippen LogP) is 2.13. The fraction of sp³-hybridized carbons (Fsp3) is 0.364. The maximum Gasteiger partial charge on any atom is 0.328 e. The molecule has 0 bridgehead atoms. The van der Waals surface area contributed by atoms with E-state index in [0.29, 0.717) is 30.0 Å². The van der Waals surface area contributed by atoms with Crippen LogP contribution in [0.4, 0.5) is 0 Å². The summed E-state index contributed by atoms with van der Waals surface area (Å²) in [5.74, 6) is -1.27. The second-order valence-electron chi connectivity index (χ2n) is 8.13. The molecule has 2 aromatic heterocycles. The van der Waals surface area contributed by atoms with Gasteiger partial charge in [-0.15, -0.1) is 0 Å². The Bertz CT molecular complexity index is 1090. The molecule has 1 fully saturated rings. The Kier molecular flexibility index (Phi) is 5.85. The van der Waals surface area contributed by atoms with Gasteiger partial charge in [0.1, 0.15) is 12.7 Å². The van der Waals surface area contributed by atoms with E-state index in [2.05, 4.69) is 51.4 Å². The second-order valence-corrected chi connectivity index (χ2v) is 8.13. The Morgan fingerprint density at radius 1 is 1.26 bits per heavy atom. The van der Waals surface area contributed by atoms with Crippen LogP contribution in [-0.4, -0.2) is 66.4 Å². The van der Waals surface area contributed by atoms with Crippen LogP contribution in [0.2, 0.25) is 0 Å². The van der Waals surface area contributed by atoms with Crippen molar-refractivity contribution < 1.29 is 19.8 Å². The first-order chi connectivity index (χ1) is 14.9. The molecular weight excluding hydrogens is 398 g/mol. The van der Waals surface area contributed by atoms with E-state index in [1.54, 1.807) is 6.33 Å². The first-order valence-corrected chi connectivity index (χ1v) is 10.2. The number of carbonyl (C=O) groups is 2. The number of benzene rings is 1. The van der Waals surface area contributed by atoms with Crippen molar-refractivity contribution in [2.45, 2.75) is 31.3 Å². The zero-order valence-corrected chi connectivity index (χ0v) is 17.2. The molecule has 9 heteroatoms. The monoisotopic (exact) mass is 423 g/mol. The van der Waals surface area contributed by atoms with Crippen molar-refractivity contribution in [2.75, 3.05) is 13.6 Å². The highest BCUT2D eigenvalue weighted by Crippen LogP contribution is 2.44. The van der Waals surface area contributed by atoms with Crippen LogP contribution in [0.15, 0.2) is 49.2 Å². The van der Waals surface area contributed by atoms with Crippen molar-refractivity contribution in [1.29, 1.82) is 0 Å². The quantitative estimate of drug-likeness (QED) is 0.549. The number of aromatic nitrogens is 4. The van der Waals surface area contributed by atoms with E-state index in [1.165, 1.54) is 28.5 Å². The number of fused-ring (bicyclic) bond motifs is 2. The number of nitrogens with zero attached hydrogens (tertiary/aromatic N) is 4. The van der Waals surface area contributed by atoms with Gasteiger partial charge in [0.05, 0.1) is 0 Å². The van der Waals surface area contributed by atoms with E-state index >= 15 is 0 Å².